The molecule has 0 saturated carbocycles. The number of ether oxygens (including phenoxy) is 9. The van der Waals surface area contributed by atoms with Crippen molar-refractivity contribution in [3.63, 3.8) is 0 Å². The summed E-state index contributed by atoms with van der Waals surface area (Å²) in [7, 11) is 0. The van der Waals surface area contributed by atoms with Gasteiger partial charge in [0.25, 0.3) is 0 Å². The number of hydrogen-bond donors (Lipinski definition) is 3. The number of amides is 3. The monoisotopic (exact) mass is 966 g/mol. The lowest BCUT2D eigenvalue weighted by Gasteiger charge is -2.22. The Morgan fingerprint density at radius 2 is 1.19 bits per heavy atom. The van der Waals surface area contributed by atoms with Crippen molar-refractivity contribution in [1.82, 2.24) is 10.2 Å². The van der Waals surface area contributed by atoms with Crippen molar-refractivity contribution in [3.05, 3.63) is 95.1 Å². The number of esters is 2. The van der Waals surface area contributed by atoms with Gasteiger partial charge in [0.05, 0.1) is 70.4 Å². The molecule has 0 aliphatic carbocycles. The molecule has 3 amide bonds. The zero-order valence-electron chi connectivity index (χ0n) is 40.9. The summed E-state index contributed by atoms with van der Waals surface area (Å²) >= 11 is 0. The molecule has 3 N–H and O–H groups in total. The van der Waals surface area contributed by atoms with Gasteiger partial charge in [0.2, 0.25) is 5.96 Å². The largest absolute Gasteiger partial charge is 0.478 e. The highest BCUT2D eigenvalue weighted by atomic mass is 16.6. The lowest BCUT2D eigenvalue weighted by molar-refractivity contribution is -0.156. The van der Waals surface area contributed by atoms with Crippen molar-refractivity contribution >= 4 is 47.8 Å². The van der Waals surface area contributed by atoms with Crippen LogP contribution in [0.15, 0.2) is 77.8 Å². The van der Waals surface area contributed by atoms with Crippen LogP contribution in [0.4, 0.5) is 20.1 Å². The van der Waals surface area contributed by atoms with Gasteiger partial charge in [-0.05, 0) is 122 Å². The number of carboxylic acid groups (broad SMARTS) is 1. The Kier molecular flexibility index (Phi) is 23.0. The smallest absolute Gasteiger partial charge is 0.437 e. The van der Waals surface area contributed by atoms with E-state index in [4.69, 9.17) is 42.6 Å². The van der Waals surface area contributed by atoms with Crippen molar-refractivity contribution < 1.29 is 76.5 Å². The molecule has 0 aliphatic rings. The van der Waals surface area contributed by atoms with Gasteiger partial charge in [0.15, 0.2) is 0 Å². The molecule has 0 atom stereocenters. The van der Waals surface area contributed by atoms with Crippen molar-refractivity contribution in [2.45, 2.75) is 98.7 Å². The minimum Gasteiger partial charge on any atom is -0.478 e. The van der Waals surface area contributed by atoms with E-state index in [1.807, 2.05) is 0 Å². The molecular formula is C49H66N4O16. The molecular weight excluding hydrogens is 901 g/mol. The van der Waals surface area contributed by atoms with Gasteiger partial charge in [-0.25, -0.2) is 24.0 Å². The van der Waals surface area contributed by atoms with Crippen molar-refractivity contribution in [3.8, 4) is 5.75 Å². The van der Waals surface area contributed by atoms with Gasteiger partial charge in [-0.15, -0.1) is 4.99 Å². The lowest BCUT2D eigenvalue weighted by Crippen LogP contribution is -2.40. The quantitative estimate of drug-likeness (QED) is 0.0205. The second-order valence-corrected chi connectivity index (χ2v) is 18.1. The number of carbonyl (C=O) groups excluding carboxylic acids is 5. The normalized spacial score (nSPS) is 11.8. The Morgan fingerprint density at radius 3 is 1.75 bits per heavy atom. The van der Waals surface area contributed by atoms with E-state index in [1.54, 1.807) is 98.7 Å². The van der Waals surface area contributed by atoms with Gasteiger partial charge >= 0.3 is 36.2 Å². The third-order valence-electron chi connectivity index (χ3n) is 8.39. The molecule has 3 aromatic rings. The fourth-order valence-electron chi connectivity index (χ4n) is 5.49. The number of benzene rings is 3. The number of nitrogens with one attached hydrogen (secondary N) is 2. The van der Waals surface area contributed by atoms with Crippen LogP contribution in [0.5, 0.6) is 5.75 Å². The van der Waals surface area contributed by atoms with E-state index >= 15 is 0 Å². The molecule has 378 valence electrons. The average Bonchev–Trinajstić information content (AvgIpc) is 3.24. The first-order valence-corrected chi connectivity index (χ1v) is 22.2. The lowest BCUT2D eigenvalue weighted by atomic mass is 10.1. The zero-order chi connectivity index (χ0) is 51.0. The number of guanidine groups is 1. The maximum absolute atomic E-state index is 13.4. The zero-order valence-corrected chi connectivity index (χ0v) is 40.9. The highest BCUT2D eigenvalue weighted by Crippen LogP contribution is 2.18. The van der Waals surface area contributed by atoms with Gasteiger partial charge in [-0.2, -0.15) is 0 Å². The Balaban J connectivity index is 1.48. The third-order valence-corrected chi connectivity index (χ3v) is 8.39. The Morgan fingerprint density at radius 1 is 0.623 bits per heavy atom. The number of carboxylic acids is 1. The Hall–Kier alpha value is -6.61. The summed E-state index contributed by atoms with van der Waals surface area (Å²) in [4.78, 5) is 79.8. The van der Waals surface area contributed by atoms with E-state index in [1.165, 1.54) is 41.3 Å². The number of nitrogens with zero attached hydrogens (tertiary/aromatic N) is 2. The summed E-state index contributed by atoms with van der Waals surface area (Å²) in [6.45, 7) is 17.8. The van der Waals surface area contributed by atoms with E-state index in [9.17, 15) is 33.9 Å². The van der Waals surface area contributed by atoms with Gasteiger partial charge in [-0.3, -0.25) is 10.1 Å². The summed E-state index contributed by atoms with van der Waals surface area (Å²) in [5.74, 6) is -2.14. The molecule has 20 heteroatoms. The molecule has 3 aromatic carbocycles. The van der Waals surface area contributed by atoms with Crippen LogP contribution in [0.2, 0.25) is 0 Å². The first-order valence-electron chi connectivity index (χ1n) is 22.2. The molecule has 0 heterocycles. The predicted molar refractivity (Wildman–Crippen MR) is 252 cm³/mol. The van der Waals surface area contributed by atoms with Crippen LogP contribution in [-0.2, 0) is 55.8 Å². The van der Waals surface area contributed by atoms with Gasteiger partial charge in [-0.1, -0.05) is 24.3 Å². The summed E-state index contributed by atoms with van der Waals surface area (Å²) in [5, 5.41) is 14.7. The topological polar surface area (TPSA) is 245 Å². The summed E-state index contributed by atoms with van der Waals surface area (Å²) in [6, 6.07) is 18.5. The van der Waals surface area contributed by atoms with Crippen molar-refractivity contribution in [2.24, 2.45) is 4.99 Å². The minimum atomic E-state index is -1.10. The van der Waals surface area contributed by atoms with Gasteiger partial charge in [0, 0.05) is 18.8 Å². The van der Waals surface area contributed by atoms with E-state index in [2.05, 4.69) is 15.6 Å². The maximum atomic E-state index is 13.4. The molecule has 0 unspecified atom stereocenters. The number of alkyl carbamates (subject to hydrolysis) is 1. The number of anilines is 1. The molecule has 69 heavy (non-hydrogen) atoms. The highest BCUT2D eigenvalue weighted by Gasteiger charge is 2.22. The molecule has 3 rings (SSSR count). The van der Waals surface area contributed by atoms with Gasteiger partial charge < -0.3 is 58.0 Å². The molecule has 0 aliphatic heterocycles. The molecule has 20 nitrogen and oxygen atoms in total. The number of hydrogen-bond acceptors (Lipinski definition) is 15. The third kappa shape index (κ3) is 25.4. The highest BCUT2D eigenvalue weighted by molar-refractivity contribution is 6.06. The van der Waals surface area contributed by atoms with Crippen LogP contribution in [-0.4, -0.2) is 128 Å². The van der Waals surface area contributed by atoms with E-state index in [0.29, 0.717) is 43.2 Å². The summed E-state index contributed by atoms with van der Waals surface area (Å²) < 4.78 is 49.0. The van der Waals surface area contributed by atoms with Crippen LogP contribution >= 0.6 is 0 Å². The maximum Gasteiger partial charge on any atom is 0.437 e. The standard InChI is InChI=1S/C49H66N4O16/c1-47(2,3)67-40(54)21-23-61-25-27-63-29-30-64-28-26-62-24-22-53(32-35-11-10-12-37(31-35)41(55)56)46(60)65-33-34-13-19-39(20-14-34)66-42(57)36-15-17-38(18-16-36)50-43(51-44(58)68-48(4,5)6)52-45(59)69-49(7,8)9/h10-20,31H,21-30,32-33H2,1-9H3,(H,55,56)(H2,50,51,52,58,59). The summed E-state index contributed by atoms with van der Waals surface area (Å²) in [5.41, 5.74) is -0.396. The minimum absolute atomic E-state index is 0.0532. The van der Waals surface area contributed by atoms with Crippen LogP contribution in [0, 0.1) is 0 Å². The summed E-state index contributed by atoms with van der Waals surface area (Å²) in [6.07, 6.45) is -2.32. The van der Waals surface area contributed by atoms with Crippen LogP contribution in [0.1, 0.15) is 101 Å². The average molecular weight is 967 g/mol. The molecule has 0 spiro atoms. The fraction of sp³-hybridized carbons (Fsp3) is 0.490. The molecule has 0 fully saturated rings. The second kappa shape index (κ2) is 28.0. The van der Waals surface area contributed by atoms with E-state index in [-0.39, 0.29) is 81.4 Å². The van der Waals surface area contributed by atoms with Crippen molar-refractivity contribution in [2.75, 3.05) is 64.7 Å². The molecule has 0 bridgehead atoms. The predicted octanol–water partition coefficient (Wildman–Crippen LogP) is 7.77. The van der Waals surface area contributed by atoms with Crippen LogP contribution in [0.3, 0.4) is 0 Å². The number of aliphatic imine (C=N–C) groups is 1. The Labute approximate surface area is 402 Å². The molecule has 0 radical (unpaired) electrons. The Bertz CT molecular complexity index is 2160. The first kappa shape index (κ1) is 56.7. The molecule has 0 saturated heterocycles. The first-order chi connectivity index (χ1) is 32.4. The van der Waals surface area contributed by atoms with Gasteiger partial charge in [0.1, 0.15) is 29.2 Å². The number of aromatic carboxylic acids is 1. The van der Waals surface area contributed by atoms with E-state index in [0.717, 1.165) is 0 Å². The second-order valence-electron chi connectivity index (χ2n) is 18.1. The number of rotatable bonds is 23. The van der Waals surface area contributed by atoms with E-state index < -0.39 is 47.0 Å². The SMILES string of the molecule is CC(C)(C)OC(=O)CCOCCOCCOCCOCCN(Cc1cccc(C(=O)O)c1)C(=O)OCc1ccc(OC(=O)c2ccc(N/C(=N\C(=O)OC(C)(C)C)NC(=O)OC(C)(C)C)cc2)cc1. The fourth-order valence-corrected chi connectivity index (χ4v) is 5.49. The van der Waals surface area contributed by atoms with Crippen molar-refractivity contribution in [1.29, 1.82) is 0 Å². The van der Waals surface area contributed by atoms with Crippen LogP contribution in [0.25, 0.3) is 0 Å². The number of carbonyl (C=O) groups is 6. The molecule has 0 aromatic heterocycles. The van der Waals surface area contributed by atoms with Crippen LogP contribution < -0.4 is 15.4 Å².